The van der Waals surface area contributed by atoms with Crippen LogP contribution in [0.15, 0.2) is 109 Å². The molecule has 0 heterocycles. The zero-order chi connectivity index (χ0) is 22.2. The Morgan fingerprint density at radius 2 is 1.06 bits per heavy atom. The molecule has 158 valence electrons. The SMILES string of the molecule is O=C(Nc1ccccc1)Nc1cccc(NC(=O)c2ccc(Oc3ccccc3)cc2)c1. The van der Waals surface area contributed by atoms with E-state index in [4.69, 9.17) is 4.74 Å². The van der Waals surface area contributed by atoms with Crippen LogP contribution in [-0.4, -0.2) is 11.9 Å². The molecule has 0 aliphatic rings. The molecule has 0 aromatic heterocycles. The summed E-state index contributed by atoms with van der Waals surface area (Å²) in [7, 11) is 0. The highest BCUT2D eigenvalue weighted by Gasteiger charge is 2.08. The quantitative estimate of drug-likeness (QED) is 0.337. The van der Waals surface area contributed by atoms with Crippen molar-refractivity contribution in [3.05, 3.63) is 115 Å². The van der Waals surface area contributed by atoms with Gasteiger partial charge in [-0.1, -0.05) is 42.5 Å². The van der Waals surface area contributed by atoms with Crippen molar-refractivity contribution in [2.24, 2.45) is 0 Å². The molecule has 0 radical (unpaired) electrons. The van der Waals surface area contributed by atoms with E-state index in [2.05, 4.69) is 16.0 Å². The van der Waals surface area contributed by atoms with Crippen LogP contribution < -0.4 is 20.7 Å². The molecule has 0 aliphatic heterocycles. The maximum Gasteiger partial charge on any atom is 0.323 e. The number of hydrogen-bond acceptors (Lipinski definition) is 3. The second-order valence-electron chi connectivity index (χ2n) is 6.92. The summed E-state index contributed by atoms with van der Waals surface area (Å²) in [4.78, 5) is 24.8. The van der Waals surface area contributed by atoms with Crippen LogP contribution in [0.2, 0.25) is 0 Å². The van der Waals surface area contributed by atoms with E-state index in [9.17, 15) is 9.59 Å². The molecule has 3 amide bonds. The smallest absolute Gasteiger partial charge is 0.323 e. The predicted octanol–water partition coefficient (Wildman–Crippen LogP) is 6.38. The van der Waals surface area contributed by atoms with Crippen molar-refractivity contribution in [1.29, 1.82) is 0 Å². The fourth-order valence-corrected chi connectivity index (χ4v) is 2.99. The number of ether oxygens (including phenoxy) is 1. The van der Waals surface area contributed by atoms with Crippen LogP contribution in [0.3, 0.4) is 0 Å². The molecule has 0 saturated heterocycles. The Morgan fingerprint density at radius 3 is 1.75 bits per heavy atom. The Morgan fingerprint density at radius 1 is 0.531 bits per heavy atom. The number of carbonyl (C=O) groups excluding carboxylic acids is 2. The molecule has 4 aromatic rings. The van der Waals surface area contributed by atoms with Gasteiger partial charge in [0.1, 0.15) is 11.5 Å². The molecule has 0 atom stereocenters. The van der Waals surface area contributed by atoms with Crippen molar-refractivity contribution in [1.82, 2.24) is 0 Å². The van der Waals surface area contributed by atoms with E-state index >= 15 is 0 Å². The number of urea groups is 1. The minimum Gasteiger partial charge on any atom is -0.457 e. The number of hydrogen-bond donors (Lipinski definition) is 3. The summed E-state index contributed by atoms with van der Waals surface area (Å²) in [5.74, 6) is 1.11. The van der Waals surface area contributed by atoms with Crippen LogP contribution in [0.25, 0.3) is 0 Å². The summed E-state index contributed by atoms with van der Waals surface area (Å²) in [5, 5.41) is 8.35. The third-order valence-electron chi connectivity index (χ3n) is 4.51. The molecular weight excluding hydrogens is 402 g/mol. The second kappa shape index (κ2) is 9.95. The van der Waals surface area contributed by atoms with E-state index in [0.29, 0.717) is 28.4 Å². The van der Waals surface area contributed by atoms with E-state index < -0.39 is 0 Å². The number of nitrogens with one attached hydrogen (secondary N) is 3. The zero-order valence-electron chi connectivity index (χ0n) is 17.1. The first-order valence-electron chi connectivity index (χ1n) is 10.0. The summed E-state index contributed by atoms with van der Waals surface area (Å²) in [6.07, 6.45) is 0. The molecule has 3 N–H and O–H groups in total. The van der Waals surface area contributed by atoms with E-state index in [-0.39, 0.29) is 11.9 Å². The minimum atomic E-state index is -0.367. The van der Waals surface area contributed by atoms with Crippen molar-refractivity contribution < 1.29 is 14.3 Å². The highest BCUT2D eigenvalue weighted by atomic mass is 16.5. The summed E-state index contributed by atoms with van der Waals surface area (Å²) in [5.41, 5.74) is 2.31. The first-order chi connectivity index (χ1) is 15.7. The molecule has 0 bridgehead atoms. The third kappa shape index (κ3) is 5.73. The molecule has 6 heteroatoms. The monoisotopic (exact) mass is 423 g/mol. The fourth-order valence-electron chi connectivity index (χ4n) is 2.99. The van der Waals surface area contributed by atoms with Gasteiger partial charge in [0.25, 0.3) is 5.91 Å². The molecule has 0 saturated carbocycles. The van der Waals surface area contributed by atoms with Gasteiger partial charge in [-0.15, -0.1) is 0 Å². The van der Waals surface area contributed by atoms with Crippen molar-refractivity contribution in [2.45, 2.75) is 0 Å². The molecule has 0 spiro atoms. The topological polar surface area (TPSA) is 79.5 Å². The molecule has 4 rings (SSSR count). The van der Waals surface area contributed by atoms with E-state index in [1.807, 2.05) is 48.5 Å². The Labute approximate surface area is 185 Å². The van der Waals surface area contributed by atoms with Crippen molar-refractivity contribution in [3.63, 3.8) is 0 Å². The lowest BCUT2D eigenvalue weighted by Crippen LogP contribution is -2.19. The largest absolute Gasteiger partial charge is 0.457 e. The molecule has 6 nitrogen and oxygen atoms in total. The number of benzene rings is 4. The van der Waals surface area contributed by atoms with Gasteiger partial charge in [-0.3, -0.25) is 4.79 Å². The predicted molar refractivity (Wildman–Crippen MR) is 126 cm³/mol. The standard InChI is InChI=1S/C26H21N3O3/c30-25(19-14-16-24(17-15-19)32-23-12-5-2-6-13-23)27-21-10-7-11-22(18-21)29-26(31)28-20-8-3-1-4-9-20/h1-18H,(H,27,30)(H2,28,29,31). The number of para-hydroxylation sites is 2. The molecule has 4 aromatic carbocycles. The van der Waals surface area contributed by atoms with Gasteiger partial charge in [0.05, 0.1) is 0 Å². The Hall–Kier alpha value is -4.58. The van der Waals surface area contributed by atoms with Crippen LogP contribution in [0.5, 0.6) is 11.5 Å². The van der Waals surface area contributed by atoms with Crippen LogP contribution in [-0.2, 0) is 0 Å². The van der Waals surface area contributed by atoms with Gasteiger partial charge in [0.2, 0.25) is 0 Å². The highest BCUT2D eigenvalue weighted by Crippen LogP contribution is 2.22. The number of anilines is 3. The average molecular weight is 423 g/mol. The molecule has 32 heavy (non-hydrogen) atoms. The van der Waals surface area contributed by atoms with Crippen molar-refractivity contribution in [3.8, 4) is 11.5 Å². The lowest BCUT2D eigenvalue weighted by atomic mass is 10.2. The van der Waals surface area contributed by atoms with E-state index in [1.165, 1.54) is 0 Å². The first-order valence-corrected chi connectivity index (χ1v) is 10.0. The van der Waals surface area contributed by atoms with Gasteiger partial charge in [0.15, 0.2) is 0 Å². The van der Waals surface area contributed by atoms with Gasteiger partial charge in [-0.05, 0) is 66.7 Å². The fraction of sp³-hybridized carbons (Fsp3) is 0. The van der Waals surface area contributed by atoms with E-state index in [1.54, 1.807) is 60.7 Å². The number of amides is 3. The molecule has 0 fully saturated rings. The Bertz CT molecular complexity index is 1190. The Kier molecular flexibility index (Phi) is 6.43. The maximum atomic E-state index is 12.6. The third-order valence-corrected chi connectivity index (χ3v) is 4.51. The summed E-state index contributed by atoms with van der Waals surface area (Å²) < 4.78 is 5.75. The van der Waals surface area contributed by atoms with Crippen molar-refractivity contribution >= 4 is 29.0 Å². The van der Waals surface area contributed by atoms with Gasteiger partial charge in [-0.2, -0.15) is 0 Å². The first kappa shape index (κ1) is 20.7. The zero-order valence-corrected chi connectivity index (χ0v) is 17.1. The minimum absolute atomic E-state index is 0.262. The van der Waals surface area contributed by atoms with E-state index in [0.717, 1.165) is 5.75 Å². The van der Waals surface area contributed by atoms with Crippen LogP contribution >= 0.6 is 0 Å². The molecular formula is C26H21N3O3. The van der Waals surface area contributed by atoms with Gasteiger partial charge in [-0.25, -0.2) is 4.79 Å². The summed E-state index contributed by atoms with van der Waals surface area (Å²) in [6.45, 7) is 0. The van der Waals surface area contributed by atoms with Gasteiger partial charge in [0, 0.05) is 22.6 Å². The number of carbonyl (C=O) groups is 2. The summed E-state index contributed by atoms with van der Waals surface area (Å²) in [6, 6.07) is 32.0. The van der Waals surface area contributed by atoms with Crippen LogP contribution in [0, 0.1) is 0 Å². The lowest BCUT2D eigenvalue weighted by molar-refractivity contribution is 0.102. The molecule has 0 aliphatic carbocycles. The van der Waals surface area contributed by atoms with Gasteiger partial charge < -0.3 is 20.7 Å². The normalized spacial score (nSPS) is 10.1. The summed E-state index contributed by atoms with van der Waals surface area (Å²) >= 11 is 0. The van der Waals surface area contributed by atoms with Crippen LogP contribution in [0.1, 0.15) is 10.4 Å². The Balaban J connectivity index is 1.35. The average Bonchev–Trinajstić information content (AvgIpc) is 2.81. The van der Waals surface area contributed by atoms with Gasteiger partial charge >= 0.3 is 6.03 Å². The highest BCUT2D eigenvalue weighted by molar-refractivity contribution is 6.05. The lowest BCUT2D eigenvalue weighted by Gasteiger charge is -2.10. The van der Waals surface area contributed by atoms with Crippen LogP contribution in [0.4, 0.5) is 21.9 Å². The molecule has 0 unspecified atom stereocenters. The second-order valence-corrected chi connectivity index (χ2v) is 6.92. The van der Waals surface area contributed by atoms with Crippen molar-refractivity contribution in [2.75, 3.05) is 16.0 Å². The maximum absolute atomic E-state index is 12.6. The number of rotatable bonds is 6.